The largest absolute Gasteiger partial charge is 0.494 e. The van der Waals surface area contributed by atoms with Gasteiger partial charge in [0.25, 0.3) is 5.56 Å². The molecule has 0 fully saturated rings. The Morgan fingerprint density at radius 2 is 1.84 bits per heavy atom. The maximum absolute atomic E-state index is 13.1. The van der Waals surface area contributed by atoms with Gasteiger partial charge in [-0.05, 0) is 25.8 Å². The molecular weight excluding hydrogens is 318 g/mol. The van der Waals surface area contributed by atoms with Gasteiger partial charge >= 0.3 is 5.69 Å². The molecule has 2 heterocycles. The third kappa shape index (κ3) is 2.52. The van der Waals surface area contributed by atoms with Crippen molar-refractivity contribution < 1.29 is 4.74 Å². The average Bonchev–Trinajstić information content (AvgIpc) is 2.64. The molecule has 0 saturated heterocycles. The Hall–Kier alpha value is -2.63. The molecule has 0 spiro atoms. The number of pyridine rings is 1. The summed E-state index contributed by atoms with van der Waals surface area (Å²) in [6.45, 7) is 6.25. The predicted molar refractivity (Wildman–Crippen MR) is 99.6 cm³/mol. The maximum Gasteiger partial charge on any atom is 0.331 e. The zero-order valence-corrected chi connectivity index (χ0v) is 15.1. The molecule has 0 aliphatic heterocycles. The fourth-order valence-corrected chi connectivity index (χ4v) is 3.49. The fraction of sp³-hybridized carbons (Fsp3) is 0.421. The van der Waals surface area contributed by atoms with Gasteiger partial charge in [0.05, 0.1) is 18.0 Å². The Bertz CT molecular complexity index is 1050. The summed E-state index contributed by atoms with van der Waals surface area (Å²) in [5.41, 5.74) is 0.758. The van der Waals surface area contributed by atoms with E-state index in [-0.39, 0.29) is 17.3 Å². The minimum absolute atomic E-state index is 0.0187. The Balaban J connectivity index is 2.63. The van der Waals surface area contributed by atoms with Gasteiger partial charge in [0, 0.05) is 24.2 Å². The highest BCUT2D eigenvalue weighted by Crippen LogP contribution is 2.30. The third-order valence-corrected chi connectivity index (χ3v) is 4.83. The van der Waals surface area contributed by atoms with E-state index in [0.29, 0.717) is 28.7 Å². The van der Waals surface area contributed by atoms with Crippen molar-refractivity contribution in [2.24, 2.45) is 0 Å². The van der Waals surface area contributed by atoms with Crippen molar-refractivity contribution in [3.8, 4) is 5.75 Å². The van der Waals surface area contributed by atoms with E-state index in [9.17, 15) is 9.59 Å². The molecule has 0 unspecified atom stereocenters. The summed E-state index contributed by atoms with van der Waals surface area (Å²) in [6, 6.07) is 5.59. The predicted octanol–water partition coefficient (Wildman–Crippen LogP) is 3.10. The highest BCUT2D eigenvalue weighted by molar-refractivity contribution is 6.04. The van der Waals surface area contributed by atoms with Crippen molar-refractivity contribution in [2.45, 2.75) is 46.2 Å². The van der Waals surface area contributed by atoms with Gasteiger partial charge < -0.3 is 4.74 Å². The molecule has 0 aliphatic carbocycles. The lowest BCUT2D eigenvalue weighted by atomic mass is 10.1. The van der Waals surface area contributed by atoms with Gasteiger partial charge in [-0.15, -0.1) is 0 Å². The number of aromatic nitrogens is 3. The van der Waals surface area contributed by atoms with Crippen LogP contribution in [0.1, 0.15) is 39.7 Å². The highest BCUT2D eigenvalue weighted by atomic mass is 16.5. The number of rotatable bonds is 5. The zero-order valence-electron chi connectivity index (χ0n) is 15.1. The second-order valence-corrected chi connectivity index (χ2v) is 6.05. The zero-order chi connectivity index (χ0) is 18.1. The molecule has 0 saturated carbocycles. The summed E-state index contributed by atoms with van der Waals surface area (Å²) in [7, 11) is 1.59. The standard InChI is InChI=1S/C19H23N3O3/c1-5-12(6-2)22-17-13-9-8-10-15(25-4)16(13)20-11-14(17)18(23)21(7-3)19(22)24/h8-12H,5-7H2,1-4H3. The van der Waals surface area contributed by atoms with E-state index in [2.05, 4.69) is 18.8 Å². The summed E-state index contributed by atoms with van der Waals surface area (Å²) >= 11 is 0. The van der Waals surface area contributed by atoms with Gasteiger partial charge in [0.1, 0.15) is 11.3 Å². The van der Waals surface area contributed by atoms with E-state index < -0.39 is 0 Å². The number of benzene rings is 1. The number of ether oxygens (including phenoxy) is 1. The summed E-state index contributed by atoms with van der Waals surface area (Å²) < 4.78 is 8.46. The molecule has 0 radical (unpaired) electrons. The van der Waals surface area contributed by atoms with Crippen LogP contribution in [0.5, 0.6) is 5.75 Å². The van der Waals surface area contributed by atoms with Gasteiger partial charge in [0.2, 0.25) is 0 Å². The Kier molecular flexibility index (Phi) is 4.61. The SMILES string of the molecule is CCC(CC)n1c(=O)n(CC)c(=O)c2cnc3c(OC)cccc3c21. The first kappa shape index (κ1) is 17.2. The Labute approximate surface area is 145 Å². The van der Waals surface area contributed by atoms with Gasteiger partial charge in [-0.1, -0.05) is 26.0 Å². The molecule has 25 heavy (non-hydrogen) atoms. The van der Waals surface area contributed by atoms with Crippen molar-refractivity contribution in [1.29, 1.82) is 0 Å². The van der Waals surface area contributed by atoms with Crippen LogP contribution in [0.25, 0.3) is 21.8 Å². The smallest absolute Gasteiger partial charge is 0.331 e. The molecule has 0 N–H and O–H groups in total. The third-order valence-electron chi connectivity index (χ3n) is 4.83. The molecule has 3 aromatic rings. The summed E-state index contributed by atoms with van der Waals surface area (Å²) in [5.74, 6) is 0.627. The summed E-state index contributed by atoms with van der Waals surface area (Å²) in [4.78, 5) is 30.3. The topological polar surface area (TPSA) is 66.1 Å². The minimum Gasteiger partial charge on any atom is -0.494 e. The normalized spacial score (nSPS) is 11.6. The number of methoxy groups -OCH3 is 1. The van der Waals surface area contributed by atoms with E-state index in [4.69, 9.17) is 4.74 Å². The molecule has 0 amide bonds. The quantitative estimate of drug-likeness (QED) is 0.669. The van der Waals surface area contributed by atoms with Crippen LogP contribution >= 0.6 is 0 Å². The van der Waals surface area contributed by atoms with Crippen molar-refractivity contribution >= 4 is 21.8 Å². The molecule has 132 valence electrons. The van der Waals surface area contributed by atoms with Crippen LogP contribution in [0, 0.1) is 0 Å². The molecular formula is C19H23N3O3. The molecule has 0 atom stereocenters. The molecule has 0 bridgehead atoms. The molecule has 6 nitrogen and oxygen atoms in total. The summed E-state index contributed by atoms with van der Waals surface area (Å²) in [5, 5.41) is 1.23. The number of para-hydroxylation sites is 1. The highest BCUT2D eigenvalue weighted by Gasteiger charge is 2.20. The Morgan fingerprint density at radius 3 is 2.44 bits per heavy atom. The van der Waals surface area contributed by atoms with Crippen LogP contribution in [0.3, 0.4) is 0 Å². The monoisotopic (exact) mass is 341 g/mol. The van der Waals surface area contributed by atoms with Crippen LogP contribution in [-0.4, -0.2) is 21.2 Å². The average molecular weight is 341 g/mol. The van der Waals surface area contributed by atoms with Gasteiger partial charge in [0.15, 0.2) is 0 Å². The lowest BCUT2D eigenvalue weighted by Crippen LogP contribution is -2.41. The van der Waals surface area contributed by atoms with Gasteiger partial charge in [-0.2, -0.15) is 0 Å². The van der Waals surface area contributed by atoms with Crippen LogP contribution in [0.4, 0.5) is 0 Å². The van der Waals surface area contributed by atoms with Crippen LogP contribution in [0.15, 0.2) is 34.0 Å². The van der Waals surface area contributed by atoms with Gasteiger partial charge in [-0.25, -0.2) is 4.79 Å². The van der Waals surface area contributed by atoms with Crippen molar-refractivity contribution in [3.63, 3.8) is 0 Å². The van der Waals surface area contributed by atoms with E-state index in [1.54, 1.807) is 17.9 Å². The van der Waals surface area contributed by atoms with Crippen molar-refractivity contribution in [1.82, 2.24) is 14.1 Å². The molecule has 1 aromatic carbocycles. The van der Waals surface area contributed by atoms with Crippen molar-refractivity contribution in [2.75, 3.05) is 7.11 Å². The first-order valence-electron chi connectivity index (χ1n) is 8.69. The van der Waals surface area contributed by atoms with Crippen LogP contribution < -0.4 is 16.0 Å². The number of hydrogen-bond acceptors (Lipinski definition) is 4. The fourth-order valence-electron chi connectivity index (χ4n) is 3.49. The molecule has 2 aromatic heterocycles. The van der Waals surface area contributed by atoms with E-state index in [1.165, 1.54) is 4.57 Å². The molecule has 0 aliphatic rings. The Morgan fingerprint density at radius 1 is 1.12 bits per heavy atom. The molecule has 3 rings (SSSR count). The first-order chi connectivity index (χ1) is 12.1. The van der Waals surface area contributed by atoms with E-state index in [1.807, 2.05) is 25.1 Å². The molecule has 6 heteroatoms. The number of hydrogen-bond donors (Lipinski definition) is 0. The maximum atomic E-state index is 13.1. The van der Waals surface area contributed by atoms with Gasteiger partial charge in [-0.3, -0.25) is 18.9 Å². The van der Waals surface area contributed by atoms with Crippen LogP contribution in [-0.2, 0) is 6.54 Å². The van der Waals surface area contributed by atoms with Crippen molar-refractivity contribution in [3.05, 3.63) is 45.2 Å². The van der Waals surface area contributed by atoms with E-state index >= 15 is 0 Å². The van der Waals surface area contributed by atoms with Crippen LogP contribution in [0.2, 0.25) is 0 Å². The minimum atomic E-state index is -0.290. The van der Waals surface area contributed by atoms with E-state index in [0.717, 1.165) is 18.2 Å². The lowest BCUT2D eigenvalue weighted by Gasteiger charge is -2.21. The number of fused-ring (bicyclic) bond motifs is 3. The second-order valence-electron chi connectivity index (χ2n) is 6.05. The summed E-state index contributed by atoms with van der Waals surface area (Å²) in [6.07, 6.45) is 3.18. The number of nitrogens with zero attached hydrogens (tertiary/aromatic N) is 3. The first-order valence-corrected chi connectivity index (χ1v) is 8.69. The second kappa shape index (κ2) is 6.70. The lowest BCUT2D eigenvalue weighted by molar-refractivity contribution is 0.419.